The van der Waals surface area contributed by atoms with Gasteiger partial charge in [-0.05, 0) is 44.5 Å². The van der Waals surface area contributed by atoms with Crippen molar-refractivity contribution < 1.29 is 42.9 Å². The number of carbonyl (C=O) groups is 4. The first-order valence-electron chi connectivity index (χ1n) is 17.3. The summed E-state index contributed by atoms with van der Waals surface area (Å²) in [4.78, 5) is 58.3. The van der Waals surface area contributed by atoms with Crippen LogP contribution < -0.4 is 45.7 Å². The molecule has 53 heavy (non-hydrogen) atoms. The average Bonchev–Trinajstić information content (AvgIpc) is 3.28. The second kappa shape index (κ2) is 19.5. The Morgan fingerprint density at radius 1 is 0.981 bits per heavy atom. The zero-order chi connectivity index (χ0) is 39.4. The van der Waals surface area contributed by atoms with Crippen molar-refractivity contribution in [3.05, 3.63) is 48.2 Å². The maximum absolute atomic E-state index is 13.6. The van der Waals surface area contributed by atoms with Gasteiger partial charge in [-0.3, -0.25) is 34.6 Å². The molecule has 1 aliphatic rings. The van der Waals surface area contributed by atoms with Gasteiger partial charge in [0.2, 0.25) is 5.91 Å². The first kappa shape index (κ1) is 42.1. The number of hydrogen-bond acceptors (Lipinski definition) is 12. The van der Waals surface area contributed by atoms with Gasteiger partial charge >= 0.3 is 0 Å². The highest BCUT2D eigenvalue weighted by molar-refractivity contribution is 6.03. The number of methoxy groups -OCH3 is 3. The standard InChI is InChI=1S/C37H53N7O9/c1-11-24-20-40-27-18-31(29(50-9)16-25(27)37(48)44(24)23(6)49-8)52-14-13-15-53-32-19-28(26(17-30(32)51-10)35(46)39-12-2)43(7)42-34(45)22(5)41-36(47)33(38)21(3)4/h12,16-24,33H,2,11,13-15,38H2,1,3-10H3,(H,39,46)(H,41,47)(H,42,45)/t22-,23?,24-,33-/m0/s1. The molecule has 0 aromatic heterocycles. The van der Waals surface area contributed by atoms with E-state index in [0.717, 1.165) is 0 Å². The number of carbonyl (C=O) groups excluding carboxylic acids is 4. The van der Waals surface area contributed by atoms with Crippen molar-refractivity contribution in [2.75, 3.05) is 46.6 Å². The van der Waals surface area contributed by atoms with Gasteiger partial charge in [0.25, 0.3) is 17.7 Å². The molecule has 5 N–H and O–H groups in total. The Kier molecular flexibility index (Phi) is 15.5. The molecule has 0 saturated carbocycles. The Hall–Kier alpha value is -5.35. The summed E-state index contributed by atoms with van der Waals surface area (Å²) < 4.78 is 28.7. The summed E-state index contributed by atoms with van der Waals surface area (Å²) in [6, 6.07) is 4.37. The molecule has 0 aliphatic carbocycles. The highest BCUT2D eigenvalue weighted by Gasteiger charge is 2.32. The summed E-state index contributed by atoms with van der Waals surface area (Å²) in [5, 5.41) is 6.48. The highest BCUT2D eigenvalue weighted by Crippen LogP contribution is 2.38. The number of nitrogens with two attached hydrogens (primary N) is 1. The SMILES string of the molecule is C=CNC(=O)c1cc(OC)c(OCCCOc2cc3c(cc2OC)C(=O)N(C(C)OC)[C@@H](CC)C=N3)cc1N(C)NC(=O)[C@H](C)NC(=O)[C@@H](N)C(C)C. The van der Waals surface area contributed by atoms with Crippen LogP contribution in [0.4, 0.5) is 11.4 Å². The molecule has 16 heteroatoms. The Morgan fingerprint density at radius 2 is 1.60 bits per heavy atom. The second-order valence-electron chi connectivity index (χ2n) is 12.6. The van der Waals surface area contributed by atoms with Gasteiger partial charge in [-0.1, -0.05) is 27.4 Å². The molecule has 1 heterocycles. The minimum atomic E-state index is -0.929. The predicted molar refractivity (Wildman–Crippen MR) is 201 cm³/mol. The molecule has 0 saturated heterocycles. The number of anilines is 1. The molecule has 2 aromatic carbocycles. The number of hydrogen-bond donors (Lipinski definition) is 4. The van der Waals surface area contributed by atoms with Crippen molar-refractivity contribution in [3.8, 4) is 23.0 Å². The van der Waals surface area contributed by atoms with E-state index < -0.39 is 36.0 Å². The number of amides is 4. The third-order valence-corrected chi connectivity index (χ3v) is 8.62. The largest absolute Gasteiger partial charge is 0.493 e. The minimum absolute atomic E-state index is 0.118. The summed E-state index contributed by atoms with van der Waals surface area (Å²) in [6.07, 6.45) is 3.59. The van der Waals surface area contributed by atoms with Crippen molar-refractivity contribution in [1.82, 2.24) is 21.0 Å². The molecule has 2 aromatic rings. The summed E-state index contributed by atoms with van der Waals surface area (Å²) in [5.41, 5.74) is 9.86. The predicted octanol–water partition coefficient (Wildman–Crippen LogP) is 3.31. The maximum atomic E-state index is 13.6. The number of aliphatic imine (C=N–C) groups is 1. The molecule has 3 rings (SSSR count). The quantitative estimate of drug-likeness (QED) is 0.122. The zero-order valence-electron chi connectivity index (χ0n) is 32.0. The third-order valence-electron chi connectivity index (χ3n) is 8.62. The van der Waals surface area contributed by atoms with E-state index in [9.17, 15) is 19.2 Å². The lowest BCUT2D eigenvalue weighted by molar-refractivity contribution is -0.129. The molecule has 1 aliphatic heterocycles. The van der Waals surface area contributed by atoms with Crippen molar-refractivity contribution >= 4 is 41.2 Å². The van der Waals surface area contributed by atoms with E-state index >= 15 is 0 Å². The first-order chi connectivity index (χ1) is 25.2. The fourth-order valence-electron chi connectivity index (χ4n) is 5.35. The Morgan fingerprint density at radius 3 is 2.17 bits per heavy atom. The molecular formula is C37H53N7O9. The van der Waals surface area contributed by atoms with Crippen molar-refractivity contribution in [3.63, 3.8) is 0 Å². The molecule has 1 unspecified atom stereocenters. The number of benzene rings is 2. The fraction of sp³-hybridized carbons (Fsp3) is 0.486. The lowest BCUT2D eigenvalue weighted by Crippen LogP contribution is -2.54. The number of nitrogens with one attached hydrogen (secondary N) is 3. The number of rotatable bonds is 19. The average molecular weight is 740 g/mol. The lowest BCUT2D eigenvalue weighted by Gasteiger charge is -2.32. The van der Waals surface area contributed by atoms with Crippen molar-refractivity contribution in [2.24, 2.45) is 16.6 Å². The highest BCUT2D eigenvalue weighted by atomic mass is 16.5. The number of nitrogens with zero attached hydrogens (tertiary/aromatic N) is 3. The molecular weight excluding hydrogens is 686 g/mol. The van der Waals surface area contributed by atoms with E-state index in [-0.39, 0.29) is 48.1 Å². The molecule has 4 atom stereocenters. The zero-order valence-corrected chi connectivity index (χ0v) is 32.0. The van der Waals surface area contributed by atoms with Crippen LogP contribution in [0, 0.1) is 5.92 Å². The number of hydrazine groups is 1. The molecule has 0 fully saturated rings. The van der Waals surface area contributed by atoms with Gasteiger partial charge in [-0.25, -0.2) is 0 Å². The van der Waals surface area contributed by atoms with E-state index in [1.165, 1.54) is 38.4 Å². The van der Waals surface area contributed by atoms with Crippen LogP contribution in [-0.2, 0) is 14.3 Å². The van der Waals surface area contributed by atoms with E-state index in [4.69, 9.17) is 29.4 Å². The normalized spacial score (nSPS) is 15.3. The minimum Gasteiger partial charge on any atom is -0.493 e. The molecule has 0 spiro atoms. The summed E-state index contributed by atoms with van der Waals surface area (Å²) in [7, 11) is 6.03. The monoisotopic (exact) mass is 739 g/mol. The summed E-state index contributed by atoms with van der Waals surface area (Å²) in [6.45, 7) is 12.9. The number of ether oxygens (including phenoxy) is 5. The van der Waals surface area contributed by atoms with Gasteiger partial charge in [0, 0.05) is 38.9 Å². The van der Waals surface area contributed by atoms with Crippen molar-refractivity contribution in [2.45, 2.75) is 71.8 Å². The third kappa shape index (κ3) is 10.4. The van der Waals surface area contributed by atoms with Crippen LogP contribution in [0.15, 0.2) is 42.0 Å². The van der Waals surface area contributed by atoms with E-state index in [1.54, 1.807) is 57.3 Å². The van der Waals surface area contributed by atoms with Crippen LogP contribution in [-0.4, -0.2) is 101 Å². The topological polar surface area (TPSA) is 195 Å². The molecule has 0 radical (unpaired) electrons. The Bertz CT molecular complexity index is 1670. The summed E-state index contributed by atoms with van der Waals surface area (Å²) >= 11 is 0. The molecule has 0 bridgehead atoms. The lowest BCUT2D eigenvalue weighted by atomic mass is 10.0. The van der Waals surface area contributed by atoms with Crippen LogP contribution in [0.5, 0.6) is 23.0 Å². The fourth-order valence-corrected chi connectivity index (χ4v) is 5.35. The van der Waals surface area contributed by atoms with Crippen molar-refractivity contribution in [1.29, 1.82) is 0 Å². The van der Waals surface area contributed by atoms with Gasteiger partial charge < -0.3 is 45.0 Å². The van der Waals surface area contributed by atoms with Gasteiger partial charge in [0.1, 0.15) is 12.3 Å². The molecule has 290 valence electrons. The smallest absolute Gasteiger partial charge is 0.260 e. The molecule has 4 amide bonds. The van der Waals surface area contributed by atoms with Gasteiger partial charge in [-0.2, -0.15) is 0 Å². The summed E-state index contributed by atoms with van der Waals surface area (Å²) in [5.74, 6) is -0.522. The van der Waals surface area contributed by atoms with Crippen LogP contribution in [0.1, 0.15) is 68.2 Å². The van der Waals surface area contributed by atoms with Crippen LogP contribution in [0.25, 0.3) is 0 Å². The van der Waals surface area contributed by atoms with E-state index in [1.807, 2.05) is 13.8 Å². The van der Waals surface area contributed by atoms with Gasteiger partial charge in [0.15, 0.2) is 23.0 Å². The van der Waals surface area contributed by atoms with Gasteiger partial charge in [-0.15, -0.1) is 0 Å². The van der Waals surface area contributed by atoms with Crippen LogP contribution >= 0.6 is 0 Å². The van der Waals surface area contributed by atoms with Crippen LogP contribution in [0.2, 0.25) is 0 Å². The Balaban J connectivity index is 1.76. The van der Waals surface area contributed by atoms with E-state index in [2.05, 4.69) is 27.6 Å². The maximum Gasteiger partial charge on any atom is 0.260 e. The molecule has 16 nitrogen and oxygen atoms in total. The second-order valence-corrected chi connectivity index (χ2v) is 12.6. The van der Waals surface area contributed by atoms with Crippen LogP contribution in [0.3, 0.4) is 0 Å². The van der Waals surface area contributed by atoms with Gasteiger partial charge in [0.05, 0.1) is 62.0 Å². The Labute approximate surface area is 311 Å². The number of fused-ring (bicyclic) bond motifs is 1. The first-order valence-corrected chi connectivity index (χ1v) is 17.3. The van der Waals surface area contributed by atoms with E-state index in [0.29, 0.717) is 41.3 Å².